The van der Waals surface area contributed by atoms with E-state index in [1.54, 1.807) is 24.4 Å². The monoisotopic (exact) mass is 300 g/mol. The third-order valence-electron chi connectivity index (χ3n) is 3.26. The number of aromatic nitrogens is 2. The van der Waals surface area contributed by atoms with Crippen molar-refractivity contribution in [3.8, 4) is 0 Å². The van der Waals surface area contributed by atoms with Gasteiger partial charge in [0.1, 0.15) is 5.65 Å². The lowest BCUT2D eigenvalue weighted by Crippen LogP contribution is -2.11. The second-order valence-corrected chi connectivity index (χ2v) is 5.03. The Labute approximate surface area is 126 Å². The molecule has 106 valence electrons. The quantitative estimate of drug-likeness (QED) is 0.692. The topological polar surface area (TPSA) is 83.8 Å². The molecule has 0 saturated heterocycles. The van der Waals surface area contributed by atoms with Gasteiger partial charge in [-0.05, 0) is 35.9 Å². The van der Waals surface area contributed by atoms with E-state index in [-0.39, 0.29) is 0 Å². The number of H-pyrrole nitrogens is 1. The summed E-state index contributed by atoms with van der Waals surface area (Å²) < 4.78 is 0. The highest BCUT2D eigenvalue weighted by Crippen LogP contribution is 2.24. The zero-order valence-corrected chi connectivity index (χ0v) is 11.8. The molecule has 0 unspecified atom stereocenters. The van der Waals surface area contributed by atoms with Crippen LogP contribution in [0.1, 0.15) is 15.9 Å². The maximum Gasteiger partial charge on any atom is 0.248 e. The summed E-state index contributed by atoms with van der Waals surface area (Å²) >= 11 is 6.12. The average Bonchev–Trinajstić information content (AvgIpc) is 2.89. The first-order valence-corrected chi connectivity index (χ1v) is 6.77. The lowest BCUT2D eigenvalue weighted by molar-refractivity contribution is 0.100. The Morgan fingerprint density at radius 2 is 2.24 bits per heavy atom. The first-order valence-electron chi connectivity index (χ1n) is 6.39. The molecule has 0 saturated carbocycles. The SMILES string of the molecule is NC(=O)c1ccc(Cl)c(NCc2c[nH]c3ncccc23)c1. The number of primary amides is 1. The summed E-state index contributed by atoms with van der Waals surface area (Å²) in [4.78, 5) is 18.6. The highest BCUT2D eigenvalue weighted by Gasteiger charge is 2.08. The van der Waals surface area contributed by atoms with Gasteiger partial charge in [-0.2, -0.15) is 0 Å². The molecule has 3 aromatic rings. The van der Waals surface area contributed by atoms with E-state index < -0.39 is 5.91 Å². The third-order valence-corrected chi connectivity index (χ3v) is 3.59. The number of halogens is 1. The van der Waals surface area contributed by atoms with E-state index in [2.05, 4.69) is 15.3 Å². The van der Waals surface area contributed by atoms with Gasteiger partial charge in [-0.15, -0.1) is 0 Å². The molecular weight excluding hydrogens is 288 g/mol. The molecule has 0 aliphatic rings. The standard InChI is InChI=1S/C15H13ClN4O/c16-12-4-3-9(14(17)21)6-13(12)19-7-10-8-20-15-11(10)2-1-5-18-15/h1-6,8,19H,7H2,(H2,17,21)(H,18,20). The maximum atomic E-state index is 11.2. The number of benzene rings is 1. The zero-order valence-electron chi connectivity index (χ0n) is 11.1. The number of rotatable bonds is 4. The van der Waals surface area contributed by atoms with Gasteiger partial charge >= 0.3 is 0 Å². The van der Waals surface area contributed by atoms with Gasteiger partial charge in [0.05, 0.1) is 10.7 Å². The van der Waals surface area contributed by atoms with Gasteiger partial charge < -0.3 is 16.0 Å². The molecule has 6 heteroatoms. The van der Waals surface area contributed by atoms with E-state index in [0.717, 1.165) is 16.6 Å². The zero-order chi connectivity index (χ0) is 14.8. The van der Waals surface area contributed by atoms with Crippen LogP contribution < -0.4 is 11.1 Å². The van der Waals surface area contributed by atoms with Crippen molar-refractivity contribution in [1.29, 1.82) is 0 Å². The molecule has 0 aliphatic carbocycles. The number of carbonyl (C=O) groups is 1. The van der Waals surface area contributed by atoms with Gasteiger partial charge in [0.2, 0.25) is 5.91 Å². The molecule has 2 aromatic heterocycles. The number of fused-ring (bicyclic) bond motifs is 1. The predicted molar refractivity (Wildman–Crippen MR) is 83.4 cm³/mol. The molecule has 5 nitrogen and oxygen atoms in total. The smallest absolute Gasteiger partial charge is 0.248 e. The van der Waals surface area contributed by atoms with Crippen molar-refractivity contribution in [3.63, 3.8) is 0 Å². The van der Waals surface area contributed by atoms with Gasteiger partial charge in [-0.3, -0.25) is 4.79 Å². The van der Waals surface area contributed by atoms with Crippen LogP contribution in [0.4, 0.5) is 5.69 Å². The molecule has 0 atom stereocenters. The number of hydrogen-bond donors (Lipinski definition) is 3. The van der Waals surface area contributed by atoms with E-state index in [9.17, 15) is 4.79 Å². The van der Waals surface area contributed by atoms with E-state index in [1.807, 2.05) is 18.3 Å². The van der Waals surface area contributed by atoms with Crippen LogP contribution in [0.25, 0.3) is 11.0 Å². The molecule has 0 bridgehead atoms. The lowest BCUT2D eigenvalue weighted by Gasteiger charge is -2.09. The number of nitrogens with one attached hydrogen (secondary N) is 2. The van der Waals surface area contributed by atoms with Gasteiger partial charge in [-0.1, -0.05) is 11.6 Å². The maximum absolute atomic E-state index is 11.2. The first-order chi connectivity index (χ1) is 10.1. The van der Waals surface area contributed by atoms with Crippen molar-refractivity contribution < 1.29 is 4.79 Å². The molecule has 0 aliphatic heterocycles. The van der Waals surface area contributed by atoms with Crippen molar-refractivity contribution in [3.05, 3.63) is 58.9 Å². The highest BCUT2D eigenvalue weighted by atomic mass is 35.5. The number of nitrogens with zero attached hydrogens (tertiary/aromatic N) is 1. The summed E-state index contributed by atoms with van der Waals surface area (Å²) in [7, 11) is 0. The van der Waals surface area contributed by atoms with Crippen molar-refractivity contribution in [2.45, 2.75) is 6.54 Å². The molecule has 1 amide bonds. The van der Waals surface area contributed by atoms with E-state index in [1.165, 1.54) is 0 Å². The lowest BCUT2D eigenvalue weighted by atomic mass is 10.1. The fourth-order valence-corrected chi connectivity index (χ4v) is 2.35. The third kappa shape index (κ3) is 2.68. The summed E-state index contributed by atoms with van der Waals surface area (Å²) in [6, 6.07) is 8.79. The number of carbonyl (C=O) groups excluding carboxylic acids is 1. The summed E-state index contributed by atoms with van der Waals surface area (Å²) in [6.45, 7) is 0.563. The molecular formula is C15H13ClN4O. The van der Waals surface area contributed by atoms with Crippen LogP contribution in [0.15, 0.2) is 42.7 Å². The second kappa shape index (κ2) is 5.46. The summed E-state index contributed by atoms with van der Waals surface area (Å²) in [5, 5.41) is 4.80. The molecule has 4 N–H and O–H groups in total. The number of aromatic amines is 1. The average molecular weight is 301 g/mol. The molecule has 3 rings (SSSR count). The normalized spacial score (nSPS) is 10.7. The van der Waals surface area contributed by atoms with Crippen LogP contribution >= 0.6 is 11.6 Å². The minimum atomic E-state index is -0.481. The van der Waals surface area contributed by atoms with Gasteiger partial charge in [0, 0.05) is 29.9 Å². The van der Waals surface area contributed by atoms with E-state index >= 15 is 0 Å². The Morgan fingerprint density at radius 1 is 1.38 bits per heavy atom. The van der Waals surface area contributed by atoms with Gasteiger partial charge in [0.15, 0.2) is 0 Å². The summed E-state index contributed by atoms with van der Waals surface area (Å²) in [6.07, 6.45) is 3.64. The van der Waals surface area contributed by atoms with Crippen LogP contribution in [-0.4, -0.2) is 15.9 Å². The fourth-order valence-electron chi connectivity index (χ4n) is 2.16. The number of anilines is 1. The highest BCUT2D eigenvalue weighted by molar-refractivity contribution is 6.33. The van der Waals surface area contributed by atoms with Crippen molar-refractivity contribution in [2.75, 3.05) is 5.32 Å². The van der Waals surface area contributed by atoms with Gasteiger partial charge in [-0.25, -0.2) is 4.98 Å². The minimum absolute atomic E-state index is 0.419. The summed E-state index contributed by atoms with van der Waals surface area (Å²) in [5.74, 6) is -0.481. The van der Waals surface area contributed by atoms with Crippen molar-refractivity contribution >= 4 is 34.2 Å². The largest absolute Gasteiger partial charge is 0.380 e. The number of amides is 1. The van der Waals surface area contributed by atoms with Crippen LogP contribution in [0, 0.1) is 0 Å². The Balaban J connectivity index is 1.84. The molecule has 0 spiro atoms. The van der Waals surface area contributed by atoms with Crippen LogP contribution in [-0.2, 0) is 6.54 Å². The molecule has 0 radical (unpaired) electrons. The van der Waals surface area contributed by atoms with Crippen LogP contribution in [0.5, 0.6) is 0 Å². The Kier molecular flexibility index (Phi) is 3.50. The number of pyridine rings is 1. The Hall–Kier alpha value is -2.53. The van der Waals surface area contributed by atoms with Crippen LogP contribution in [0.2, 0.25) is 5.02 Å². The Bertz CT molecular complexity index is 812. The number of hydrogen-bond acceptors (Lipinski definition) is 3. The fraction of sp³-hybridized carbons (Fsp3) is 0.0667. The van der Waals surface area contributed by atoms with E-state index in [0.29, 0.717) is 22.8 Å². The predicted octanol–water partition coefficient (Wildman–Crippen LogP) is 2.93. The first kappa shape index (κ1) is 13.5. The molecule has 2 heterocycles. The summed E-state index contributed by atoms with van der Waals surface area (Å²) in [5.41, 5.74) is 8.27. The van der Waals surface area contributed by atoms with E-state index in [4.69, 9.17) is 17.3 Å². The number of nitrogens with two attached hydrogens (primary N) is 1. The minimum Gasteiger partial charge on any atom is -0.380 e. The van der Waals surface area contributed by atoms with Crippen LogP contribution in [0.3, 0.4) is 0 Å². The van der Waals surface area contributed by atoms with Crippen molar-refractivity contribution in [2.24, 2.45) is 5.73 Å². The second-order valence-electron chi connectivity index (χ2n) is 4.63. The molecule has 21 heavy (non-hydrogen) atoms. The van der Waals surface area contributed by atoms with Crippen molar-refractivity contribution in [1.82, 2.24) is 9.97 Å². The van der Waals surface area contributed by atoms with Gasteiger partial charge in [0.25, 0.3) is 0 Å². The molecule has 0 fully saturated rings. The molecule has 1 aromatic carbocycles. The Morgan fingerprint density at radius 3 is 3.05 bits per heavy atom.